The van der Waals surface area contributed by atoms with Crippen molar-refractivity contribution in [2.75, 3.05) is 0 Å². The summed E-state index contributed by atoms with van der Waals surface area (Å²) in [6.07, 6.45) is 0. The molecule has 0 aliphatic carbocycles. The molecule has 0 aliphatic heterocycles. The largest absolute Gasteiger partial charge is 0.543 e. The van der Waals surface area contributed by atoms with E-state index in [1.807, 2.05) is 0 Å². The summed E-state index contributed by atoms with van der Waals surface area (Å²) in [5, 5.41) is 35.7. The van der Waals surface area contributed by atoms with Crippen LogP contribution in [0, 0.1) is 0 Å². The minimum Gasteiger partial charge on any atom is -0.543 e. The van der Waals surface area contributed by atoms with Crippen molar-refractivity contribution in [3.63, 3.8) is 0 Å². The van der Waals surface area contributed by atoms with Crippen LogP contribution in [-0.2, 0) is 39.3 Å². The molecule has 77 valence electrons. The van der Waals surface area contributed by atoms with E-state index < -0.39 is 23.9 Å². The molecule has 0 N–H and O–H groups in total. The molecule has 0 saturated heterocycles. The molecule has 0 aliphatic rings. The molecule has 0 aromatic rings. The monoisotopic (exact) mass is 369 g/mol. The Kier molecular flexibility index (Phi) is 11.7. The molecule has 0 unspecified atom stereocenters. The zero-order valence-corrected chi connectivity index (χ0v) is 7.99. The molecule has 0 saturated carbocycles. The van der Waals surface area contributed by atoms with Crippen LogP contribution in [0.15, 0.2) is 0 Å². The van der Waals surface area contributed by atoms with E-state index in [0.717, 1.165) is 0 Å². The van der Waals surface area contributed by atoms with E-state index >= 15 is 0 Å². The standard InChI is InChI=1S/2C2H2O4.Ir/c2*3-1(4)2(5)6;/h2*(H,3,4)(H,5,6);/p-4. The third-order valence-corrected chi connectivity index (χ3v) is 0.333. The second kappa shape index (κ2) is 8.62. The van der Waals surface area contributed by atoms with Crippen LogP contribution < -0.4 is 20.4 Å². The summed E-state index contributed by atoms with van der Waals surface area (Å²) in [7, 11) is 0. The van der Waals surface area contributed by atoms with Gasteiger partial charge in [-0.15, -0.1) is 0 Å². The maximum atomic E-state index is 8.93. The van der Waals surface area contributed by atoms with Gasteiger partial charge in [-0.1, -0.05) is 0 Å². The molecule has 0 amide bonds. The van der Waals surface area contributed by atoms with Gasteiger partial charge in [-0.2, -0.15) is 0 Å². The van der Waals surface area contributed by atoms with Gasteiger partial charge in [0.25, 0.3) is 0 Å². The number of carboxylic acids is 4. The van der Waals surface area contributed by atoms with Crippen LogP contribution in [-0.4, -0.2) is 23.9 Å². The topological polar surface area (TPSA) is 161 Å². The molecule has 13 heavy (non-hydrogen) atoms. The zero-order valence-electron chi connectivity index (χ0n) is 5.60. The molecular weight excluding hydrogens is 368 g/mol. The van der Waals surface area contributed by atoms with E-state index in [-0.39, 0.29) is 20.1 Å². The van der Waals surface area contributed by atoms with Crippen molar-refractivity contribution in [1.29, 1.82) is 0 Å². The Morgan fingerprint density at radius 1 is 0.538 bits per heavy atom. The average Bonchev–Trinajstić information content (AvgIpc) is 1.88. The van der Waals surface area contributed by atoms with Crippen LogP contribution in [0.1, 0.15) is 0 Å². The normalized spacial score (nSPS) is 6.77. The Bertz CT molecular complexity index is 172. The molecule has 0 bridgehead atoms. The van der Waals surface area contributed by atoms with Crippen LogP contribution >= 0.6 is 0 Å². The molecule has 0 spiro atoms. The SMILES string of the molecule is O=C([O-])C(=O)[O-].O=C([O-])C(=O)[O-].[Ir]. The summed E-state index contributed by atoms with van der Waals surface area (Å²) in [6, 6.07) is 0. The molecule has 9 heteroatoms. The molecule has 8 nitrogen and oxygen atoms in total. The van der Waals surface area contributed by atoms with E-state index in [1.165, 1.54) is 0 Å². The fraction of sp³-hybridized carbons (Fsp3) is 0. The predicted molar refractivity (Wildman–Crippen MR) is 20.0 cm³/mol. The fourth-order valence-corrected chi connectivity index (χ4v) is 0. The second-order valence-electron chi connectivity index (χ2n) is 1.15. The number of hydrogen-bond donors (Lipinski definition) is 0. The molecule has 0 heterocycles. The van der Waals surface area contributed by atoms with Gasteiger partial charge in [0.05, 0.1) is 23.9 Å². The fourth-order valence-electron chi connectivity index (χ4n) is 0. The molecule has 0 fully saturated rings. The minimum atomic E-state index is -2.19. The smallest absolute Gasteiger partial charge is 0.0870 e. The van der Waals surface area contributed by atoms with Gasteiger partial charge < -0.3 is 39.6 Å². The molecule has 0 aromatic heterocycles. The van der Waals surface area contributed by atoms with E-state index in [2.05, 4.69) is 0 Å². The van der Waals surface area contributed by atoms with Crippen LogP contribution in [0.25, 0.3) is 0 Å². The van der Waals surface area contributed by atoms with Gasteiger partial charge in [-0.25, -0.2) is 0 Å². The first-order valence-corrected chi connectivity index (χ1v) is 2.13. The number of carbonyl (C=O) groups excluding carboxylic acids is 4. The van der Waals surface area contributed by atoms with Crippen LogP contribution in [0.4, 0.5) is 0 Å². The first kappa shape index (κ1) is 17.6. The molecular formula is C4IrO8-4. The summed E-state index contributed by atoms with van der Waals surface area (Å²) >= 11 is 0. The van der Waals surface area contributed by atoms with Crippen molar-refractivity contribution in [2.24, 2.45) is 0 Å². The summed E-state index contributed by atoms with van der Waals surface area (Å²) in [6.45, 7) is 0. The molecule has 0 aromatic carbocycles. The summed E-state index contributed by atoms with van der Waals surface area (Å²) < 4.78 is 0. The molecule has 0 atom stereocenters. The zero-order chi connectivity index (χ0) is 10.3. The summed E-state index contributed by atoms with van der Waals surface area (Å²) in [5.74, 6) is -8.74. The van der Waals surface area contributed by atoms with Gasteiger partial charge in [-0.3, -0.25) is 0 Å². The number of aliphatic carboxylic acids is 4. The number of hydrogen-bond acceptors (Lipinski definition) is 8. The predicted octanol–water partition coefficient (Wildman–Crippen LogP) is -7.03. The van der Waals surface area contributed by atoms with Crippen molar-refractivity contribution < 1.29 is 59.7 Å². The quantitative estimate of drug-likeness (QED) is 0.381. The third kappa shape index (κ3) is 18.0. The summed E-state index contributed by atoms with van der Waals surface area (Å²) in [4.78, 5) is 35.7. The van der Waals surface area contributed by atoms with Gasteiger partial charge >= 0.3 is 0 Å². The van der Waals surface area contributed by atoms with Crippen molar-refractivity contribution >= 4 is 23.9 Å². The summed E-state index contributed by atoms with van der Waals surface area (Å²) in [5.41, 5.74) is 0. The number of rotatable bonds is 0. The van der Waals surface area contributed by atoms with Gasteiger partial charge in [0.2, 0.25) is 0 Å². The van der Waals surface area contributed by atoms with Crippen LogP contribution in [0.2, 0.25) is 0 Å². The Balaban J connectivity index is -0.000000143. The minimum absolute atomic E-state index is 0. The maximum absolute atomic E-state index is 8.93. The van der Waals surface area contributed by atoms with E-state index in [1.54, 1.807) is 0 Å². The first-order chi connectivity index (χ1) is 5.29. The maximum Gasteiger partial charge on any atom is 0.0870 e. The Morgan fingerprint density at radius 2 is 0.615 bits per heavy atom. The Hall–Kier alpha value is -1.47. The first-order valence-electron chi connectivity index (χ1n) is 2.13. The van der Waals surface area contributed by atoms with Crippen molar-refractivity contribution in [3.05, 3.63) is 0 Å². The van der Waals surface area contributed by atoms with Gasteiger partial charge in [-0.05, 0) is 0 Å². The second-order valence-corrected chi connectivity index (χ2v) is 1.15. The van der Waals surface area contributed by atoms with Crippen LogP contribution in [0.3, 0.4) is 0 Å². The molecule has 0 rings (SSSR count). The van der Waals surface area contributed by atoms with Crippen molar-refractivity contribution in [3.8, 4) is 0 Å². The van der Waals surface area contributed by atoms with E-state index in [0.29, 0.717) is 0 Å². The van der Waals surface area contributed by atoms with Crippen LogP contribution in [0.5, 0.6) is 0 Å². The van der Waals surface area contributed by atoms with Gasteiger partial charge in [0, 0.05) is 20.1 Å². The Labute approximate surface area is 84.1 Å². The van der Waals surface area contributed by atoms with Gasteiger partial charge in [0.1, 0.15) is 0 Å². The number of carboxylic acid groups (broad SMARTS) is 4. The average molecular weight is 368 g/mol. The van der Waals surface area contributed by atoms with Crippen molar-refractivity contribution in [1.82, 2.24) is 0 Å². The van der Waals surface area contributed by atoms with E-state index in [4.69, 9.17) is 39.6 Å². The van der Waals surface area contributed by atoms with Gasteiger partial charge in [0.15, 0.2) is 0 Å². The van der Waals surface area contributed by atoms with E-state index in [9.17, 15) is 0 Å². The Morgan fingerprint density at radius 3 is 0.615 bits per heavy atom. The van der Waals surface area contributed by atoms with Crippen molar-refractivity contribution in [2.45, 2.75) is 0 Å². The third-order valence-electron chi connectivity index (χ3n) is 0.333. The number of carbonyl (C=O) groups is 4. The molecule has 1 radical (unpaired) electrons.